The number of methoxy groups -OCH3 is 1. The average Bonchev–Trinajstić information content (AvgIpc) is 2.89. The molecule has 0 bridgehead atoms. The van der Waals surface area contributed by atoms with Gasteiger partial charge in [0.2, 0.25) is 0 Å². The van der Waals surface area contributed by atoms with E-state index in [-0.39, 0.29) is 29.7 Å². The summed E-state index contributed by atoms with van der Waals surface area (Å²) in [5.41, 5.74) is 1.59. The molecule has 6 nitrogen and oxygen atoms in total. The standard InChI is InChI=1S/C14H17N3O3S.2ClH/c1-20-13-7-10(21(2,18)19)3-4-11(13)12-9-17-6-5-15-8-14(17)16-12;;/h3-4,7,9,15H,5-6,8H2,1-2H3;2*1H. The number of halogens is 2. The maximum Gasteiger partial charge on any atom is 0.175 e. The molecular weight excluding hydrogens is 361 g/mol. The number of fused-ring (bicyclic) bond motifs is 1. The van der Waals surface area contributed by atoms with Gasteiger partial charge in [0.15, 0.2) is 9.84 Å². The van der Waals surface area contributed by atoms with Crippen LogP contribution in [0, 0.1) is 0 Å². The molecule has 3 rings (SSSR count). The van der Waals surface area contributed by atoms with E-state index in [4.69, 9.17) is 4.74 Å². The number of nitrogens with one attached hydrogen (secondary N) is 1. The lowest BCUT2D eigenvalue weighted by Gasteiger charge is -2.13. The number of hydrogen-bond donors (Lipinski definition) is 1. The molecule has 1 aromatic carbocycles. The molecule has 1 aliphatic rings. The number of benzene rings is 1. The van der Waals surface area contributed by atoms with Crippen LogP contribution in [0.4, 0.5) is 0 Å². The molecular formula is C14H19Cl2N3O3S. The van der Waals surface area contributed by atoms with Gasteiger partial charge in [-0.1, -0.05) is 0 Å². The minimum Gasteiger partial charge on any atom is -0.496 e. The summed E-state index contributed by atoms with van der Waals surface area (Å²) in [5, 5.41) is 3.27. The molecule has 2 aromatic rings. The van der Waals surface area contributed by atoms with Gasteiger partial charge >= 0.3 is 0 Å². The summed E-state index contributed by atoms with van der Waals surface area (Å²) in [6.45, 7) is 2.54. The van der Waals surface area contributed by atoms with Gasteiger partial charge < -0.3 is 14.6 Å². The van der Waals surface area contributed by atoms with Crippen molar-refractivity contribution in [2.75, 3.05) is 19.9 Å². The van der Waals surface area contributed by atoms with Crippen LogP contribution >= 0.6 is 24.8 Å². The zero-order valence-electron chi connectivity index (χ0n) is 12.8. The van der Waals surface area contributed by atoms with Gasteiger partial charge in [-0.25, -0.2) is 13.4 Å². The Morgan fingerprint density at radius 1 is 1.30 bits per heavy atom. The summed E-state index contributed by atoms with van der Waals surface area (Å²) >= 11 is 0. The smallest absolute Gasteiger partial charge is 0.175 e. The average molecular weight is 380 g/mol. The molecule has 0 radical (unpaired) electrons. The van der Waals surface area contributed by atoms with Gasteiger partial charge in [-0.15, -0.1) is 24.8 Å². The Kier molecular flexibility index (Phi) is 6.47. The molecule has 0 fully saturated rings. The van der Waals surface area contributed by atoms with E-state index in [2.05, 4.69) is 14.9 Å². The molecule has 0 amide bonds. The summed E-state index contributed by atoms with van der Waals surface area (Å²) in [6, 6.07) is 4.88. The minimum absolute atomic E-state index is 0. The Morgan fingerprint density at radius 2 is 2.04 bits per heavy atom. The van der Waals surface area contributed by atoms with E-state index in [0.717, 1.165) is 36.7 Å². The van der Waals surface area contributed by atoms with Crippen LogP contribution in [0.25, 0.3) is 11.3 Å². The summed E-state index contributed by atoms with van der Waals surface area (Å²) in [5.74, 6) is 1.49. The van der Waals surface area contributed by atoms with Crippen LogP contribution in [0.5, 0.6) is 5.75 Å². The van der Waals surface area contributed by atoms with Crippen LogP contribution in [0.15, 0.2) is 29.3 Å². The molecule has 128 valence electrons. The van der Waals surface area contributed by atoms with Gasteiger partial charge in [-0.05, 0) is 18.2 Å². The van der Waals surface area contributed by atoms with E-state index in [1.54, 1.807) is 18.2 Å². The van der Waals surface area contributed by atoms with E-state index in [0.29, 0.717) is 5.75 Å². The third-order valence-electron chi connectivity index (χ3n) is 3.55. The number of nitrogens with zero attached hydrogens (tertiary/aromatic N) is 2. The topological polar surface area (TPSA) is 73.2 Å². The van der Waals surface area contributed by atoms with Crippen LogP contribution in [-0.2, 0) is 22.9 Å². The first kappa shape index (κ1) is 19.8. The third kappa shape index (κ3) is 3.98. The lowest BCUT2D eigenvalue weighted by Crippen LogP contribution is -2.27. The van der Waals surface area contributed by atoms with Crippen molar-refractivity contribution >= 4 is 34.7 Å². The van der Waals surface area contributed by atoms with Gasteiger partial charge in [0.1, 0.15) is 11.6 Å². The SMILES string of the molecule is COc1cc(S(C)(=O)=O)ccc1-c1cn2c(n1)CNCC2.Cl.Cl. The largest absolute Gasteiger partial charge is 0.496 e. The molecule has 1 aromatic heterocycles. The van der Waals surface area contributed by atoms with Crippen molar-refractivity contribution in [2.45, 2.75) is 18.0 Å². The third-order valence-corrected chi connectivity index (χ3v) is 4.66. The van der Waals surface area contributed by atoms with Gasteiger partial charge in [0.05, 0.1) is 24.2 Å². The van der Waals surface area contributed by atoms with Crippen molar-refractivity contribution in [3.63, 3.8) is 0 Å². The summed E-state index contributed by atoms with van der Waals surface area (Å²) in [7, 11) is -1.72. The van der Waals surface area contributed by atoms with Crippen LogP contribution < -0.4 is 10.1 Å². The number of rotatable bonds is 3. The Bertz CT molecular complexity index is 767. The van der Waals surface area contributed by atoms with Crippen molar-refractivity contribution < 1.29 is 13.2 Å². The van der Waals surface area contributed by atoms with E-state index >= 15 is 0 Å². The number of sulfone groups is 1. The Hall–Kier alpha value is -1.28. The highest BCUT2D eigenvalue weighted by Gasteiger charge is 2.17. The second-order valence-corrected chi connectivity index (χ2v) is 7.06. The molecule has 2 heterocycles. The van der Waals surface area contributed by atoms with E-state index < -0.39 is 9.84 Å². The second kappa shape index (κ2) is 7.53. The predicted molar refractivity (Wildman–Crippen MR) is 93.5 cm³/mol. The van der Waals surface area contributed by atoms with E-state index in [1.165, 1.54) is 13.4 Å². The zero-order chi connectivity index (χ0) is 15.0. The molecule has 0 unspecified atom stereocenters. The fourth-order valence-electron chi connectivity index (χ4n) is 2.43. The summed E-state index contributed by atoms with van der Waals surface area (Å²) < 4.78 is 30.7. The summed E-state index contributed by atoms with van der Waals surface area (Å²) in [4.78, 5) is 4.84. The fourth-order valence-corrected chi connectivity index (χ4v) is 3.07. The van der Waals surface area contributed by atoms with Crippen LogP contribution in [0.1, 0.15) is 5.82 Å². The molecule has 0 spiro atoms. The van der Waals surface area contributed by atoms with Gasteiger partial charge in [0, 0.05) is 31.1 Å². The zero-order valence-corrected chi connectivity index (χ0v) is 15.2. The number of imidazole rings is 1. The number of aromatic nitrogens is 2. The second-order valence-electron chi connectivity index (χ2n) is 5.05. The first-order chi connectivity index (χ1) is 9.99. The highest BCUT2D eigenvalue weighted by Crippen LogP contribution is 2.31. The highest BCUT2D eigenvalue weighted by molar-refractivity contribution is 7.90. The molecule has 23 heavy (non-hydrogen) atoms. The lowest BCUT2D eigenvalue weighted by atomic mass is 10.1. The molecule has 0 atom stereocenters. The van der Waals surface area contributed by atoms with Gasteiger partial charge in [-0.2, -0.15) is 0 Å². The first-order valence-corrected chi connectivity index (χ1v) is 8.53. The minimum atomic E-state index is -3.25. The van der Waals surface area contributed by atoms with Crippen molar-refractivity contribution in [2.24, 2.45) is 0 Å². The Labute approximate surface area is 148 Å². The normalized spacial score (nSPS) is 13.5. The quantitative estimate of drug-likeness (QED) is 0.881. The van der Waals surface area contributed by atoms with Gasteiger partial charge in [-0.3, -0.25) is 0 Å². The number of ether oxygens (including phenoxy) is 1. The molecule has 1 N–H and O–H groups in total. The molecule has 1 aliphatic heterocycles. The maximum atomic E-state index is 11.6. The maximum absolute atomic E-state index is 11.6. The highest BCUT2D eigenvalue weighted by atomic mass is 35.5. The van der Waals surface area contributed by atoms with E-state index in [9.17, 15) is 8.42 Å². The fraction of sp³-hybridized carbons (Fsp3) is 0.357. The van der Waals surface area contributed by atoms with Crippen LogP contribution in [0.2, 0.25) is 0 Å². The molecule has 0 aliphatic carbocycles. The monoisotopic (exact) mass is 379 g/mol. The van der Waals surface area contributed by atoms with Crippen molar-refractivity contribution in [1.29, 1.82) is 0 Å². The Morgan fingerprint density at radius 3 is 2.65 bits per heavy atom. The van der Waals surface area contributed by atoms with Crippen molar-refractivity contribution in [1.82, 2.24) is 14.9 Å². The lowest BCUT2D eigenvalue weighted by molar-refractivity contribution is 0.415. The Balaban J connectivity index is 0.00000132. The summed E-state index contributed by atoms with van der Waals surface area (Å²) in [6.07, 6.45) is 3.16. The molecule has 0 saturated heterocycles. The van der Waals surface area contributed by atoms with Crippen LogP contribution in [-0.4, -0.2) is 37.9 Å². The van der Waals surface area contributed by atoms with Crippen molar-refractivity contribution in [3.05, 3.63) is 30.2 Å². The van der Waals surface area contributed by atoms with Crippen LogP contribution in [0.3, 0.4) is 0 Å². The first-order valence-electron chi connectivity index (χ1n) is 6.64. The van der Waals surface area contributed by atoms with Gasteiger partial charge in [0.25, 0.3) is 0 Å². The number of hydrogen-bond acceptors (Lipinski definition) is 5. The van der Waals surface area contributed by atoms with Crippen molar-refractivity contribution in [3.8, 4) is 17.0 Å². The van der Waals surface area contributed by atoms with E-state index in [1.807, 2.05) is 6.20 Å². The molecule has 0 saturated carbocycles. The molecule has 9 heteroatoms. The predicted octanol–water partition coefficient (Wildman–Crippen LogP) is 1.91.